The molecule has 0 bridgehead atoms. The molecule has 3 aromatic rings. The number of carbonyl (C=O) groups excluding carboxylic acids is 1. The zero-order valence-corrected chi connectivity index (χ0v) is 13.4. The SMILES string of the molecule is COC(=O)c1ccccc1Nc1ccnc2c(C)c(C)ccc12. The summed E-state index contributed by atoms with van der Waals surface area (Å²) in [5.41, 5.74) is 5.46. The molecule has 0 aliphatic heterocycles. The second kappa shape index (κ2) is 6.08. The normalized spacial score (nSPS) is 10.6. The first-order chi connectivity index (χ1) is 11.1. The highest BCUT2D eigenvalue weighted by Gasteiger charge is 2.12. The summed E-state index contributed by atoms with van der Waals surface area (Å²) in [4.78, 5) is 16.4. The van der Waals surface area contributed by atoms with Crippen LogP contribution in [0, 0.1) is 13.8 Å². The number of hydrogen-bond acceptors (Lipinski definition) is 4. The number of carbonyl (C=O) groups is 1. The molecule has 116 valence electrons. The smallest absolute Gasteiger partial charge is 0.339 e. The lowest BCUT2D eigenvalue weighted by Crippen LogP contribution is -2.05. The number of esters is 1. The second-order valence-electron chi connectivity index (χ2n) is 5.42. The van der Waals surface area contributed by atoms with E-state index in [4.69, 9.17) is 4.74 Å². The molecule has 0 aliphatic rings. The number of fused-ring (bicyclic) bond motifs is 1. The minimum Gasteiger partial charge on any atom is -0.465 e. The quantitative estimate of drug-likeness (QED) is 0.729. The summed E-state index contributed by atoms with van der Waals surface area (Å²) in [6.45, 7) is 4.14. The molecule has 0 unspecified atom stereocenters. The van der Waals surface area contributed by atoms with Crippen LogP contribution in [0.4, 0.5) is 11.4 Å². The highest BCUT2D eigenvalue weighted by Crippen LogP contribution is 2.29. The van der Waals surface area contributed by atoms with Gasteiger partial charge in [-0.1, -0.05) is 24.3 Å². The van der Waals surface area contributed by atoms with Crippen molar-refractivity contribution in [2.45, 2.75) is 13.8 Å². The molecule has 2 aromatic carbocycles. The first-order valence-corrected chi connectivity index (χ1v) is 7.41. The largest absolute Gasteiger partial charge is 0.465 e. The first kappa shape index (κ1) is 15.0. The Morgan fingerprint density at radius 3 is 2.61 bits per heavy atom. The van der Waals surface area contributed by atoms with Crippen molar-refractivity contribution in [3.8, 4) is 0 Å². The Kier molecular flexibility index (Phi) is 3.98. The Hall–Kier alpha value is -2.88. The van der Waals surface area contributed by atoms with Crippen molar-refractivity contribution >= 4 is 28.2 Å². The lowest BCUT2D eigenvalue weighted by molar-refractivity contribution is 0.0602. The summed E-state index contributed by atoms with van der Waals surface area (Å²) in [6, 6.07) is 13.3. The number of aryl methyl sites for hydroxylation is 2. The number of rotatable bonds is 3. The molecule has 4 heteroatoms. The first-order valence-electron chi connectivity index (χ1n) is 7.41. The van der Waals surface area contributed by atoms with E-state index in [-0.39, 0.29) is 5.97 Å². The molecule has 3 rings (SSSR count). The lowest BCUT2D eigenvalue weighted by Gasteiger charge is -2.14. The molecule has 0 radical (unpaired) electrons. The Morgan fingerprint density at radius 2 is 1.83 bits per heavy atom. The van der Waals surface area contributed by atoms with Gasteiger partial charge in [-0.15, -0.1) is 0 Å². The van der Waals surface area contributed by atoms with E-state index in [0.717, 1.165) is 22.2 Å². The number of hydrogen-bond donors (Lipinski definition) is 1. The second-order valence-corrected chi connectivity index (χ2v) is 5.42. The summed E-state index contributed by atoms with van der Waals surface area (Å²) in [5.74, 6) is -0.363. The van der Waals surface area contributed by atoms with Gasteiger partial charge in [0, 0.05) is 17.3 Å². The maximum Gasteiger partial charge on any atom is 0.339 e. The Labute approximate surface area is 135 Å². The Balaban J connectivity index is 2.10. The van der Waals surface area contributed by atoms with E-state index in [9.17, 15) is 4.79 Å². The van der Waals surface area contributed by atoms with Gasteiger partial charge in [0.25, 0.3) is 0 Å². The summed E-state index contributed by atoms with van der Waals surface area (Å²) in [6.07, 6.45) is 1.78. The van der Waals surface area contributed by atoms with Gasteiger partial charge in [-0.2, -0.15) is 0 Å². The van der Waals surface area contributed by atoms with Crippen LogP contribution < -0.4 is 5.32 Å². The minimum absolute atomic E-state index is 0.363. The number of methoxy groups -OCH3 is 1. The third-order valence-electron chi connectivity index (χ3n) is 4.04. The fourth-order valence-corrected chi connectivity index (χ4v) is 2.60. The molecule has 0 fully saturated rings. The van der Waals surface area contributed by atoms with E-state index >= 15 is 0 Å². The molecule has 23 heavy (non-hydrogen) atoms. The maximum atomic E-state index is 11.9. The molecule has 0 amide bonds. The fraction of sp³-hybridized carbons (Fsp3) is 0.158. The molecule has 0 atom stereocenters. The highest BCUT2D eigenvalue weighted by molar-refractivity contribution is 6.00. The summed E-state index contributed by atoms with van der Waals surface area (Å²) in [7, 11) is 1.38. The van der Waals surface area contributed by atoms with Crippen molar-refractivity contribution < 1.29 is 9.53 Å². The van der Waals surface area contributed by atoms with Crippen molar-refractivity contribution in [3.05, 3.63) is 65.4 Å². The molecule has 4 nitrogen and oxygen atoms in total. The molecule has 0 saturated carbocycles. The van der Waals surface area contributed by atoms with Crippen LogP contribution in [0.1, 0.15) is 21.5 Å². The van der Waals surface area contributed by atoms with Crippen molar-refractivity contribution in [1.29, 1.82) is 0 Å². The van der Waals surface area contributed by atoms with E-state index in [0.29, 0.717) is 11.3 Å². The number of anilines is 2. The number of nitrogens with one attached hydrogen (secondary N) is 1. The average Bonchev–Trinajstić information content (AvgIpc) is 2.58. The predicted octanol–water partition coefficient (Wildman–Crippen LogP) is 4.38. The standard InChI is InChI=1S/C19H18N2O2/c1-12-8-9-14-17(10-11-20-18(14)13(12)2)21-16-7-5-4-6-15(16)19(22)23-3/h4-11H,1-3H3,(H,20,21). The molecule has 0 spiro atoms. The van der Waals surface area contributed by atoms with Crippen molar-refractivity contribution in [3.63, 3.8) is 0 Å². The van der Waals surface area contributed by atoms with Gasteiger partial charge in [0.2, 0.25) is 0 Å². The van der Waals surface area contributed by atoms with Crippen LogP contribution in [0.15, 0.2) is 48.7 Å². The van der Waals surface area contributed by atoms with Crippen molar-refractivity contribution in [1.82, 2.24) is 4.98 Å². The van der Waals surface area contributed by atoms with Crippen molar-refractivity contribution in [2.75, 3.05) is 12.4 Å². The van der Waals surface area contributed by atoms with Gasteiger partial charge < -0.3 is 10.1 Å². The molecule has 0 aliphatic carbocycles. The van der Waals surface area contributed by atoms with Gasteiger partial charge in [-0.3, -0.25) is 4.98 Å². The summed E-state index contributed by atoms with van der Waals surface area (Å²) >= 11 is 0. The Bertz CT molecular complexity index is 888. The fourth-order valence-electron chi connectivity index (χ4n) is 2.60. The highest BCUT2D eigenvalue weighted by atomic mass is 16.5. The van der Waals surface area contributed by atoms with Crippen LogP contribution >= 0.6 is 0 Å². The molecule has 1 heterocycles. The van der Waals surface area contributed by atoms with E-state index in [1.807, 2.05) is 30.3 Å². The van der Waals surface area contributed by atoms with Crippen LogP contribution in [0.25, 0.3) is 10.9 Å². The zero-order chi connectivity index (χ0) is 16.4. The van der Waals surface area contributed by atoms with Crippen molar-refractivity contribution in [2.24, 2.45) is 0 Å². The third kappa shape index (κ3) is 2.75. The summed E-state index contributed by atoms with van der Waals surface area (Å²) < 4.78 is 4.85. The lowest BCUT2D eigenvalue weighted by atomic mass is 10.0. The summed E-state index contributed by atoms with van der Waals surface area (Å²) in [5, 5.41) is 4.36. The van der Waals surface area contributed by atoms with Gasteiger partial charge in [0.1, 0.15) is 0 Å². The number of pyridine rings is 1. The van der Waals surface area contributed by atoms with E-state index in [2.05, 4.69) is 30.2 Å². The van der Waals surface area contributed by atoms with Crippen LogP contribution in [0.3, 0.4) is 0 Å². The number of benzene rings is 2. The van der Waals surface area contributed by atoms with Gasteiger partial charge in [-0.25, -0.2) is 4.79 Å². The monoisotopic (exact) mass is 306 g/mol. The van der Waals surface area contributed by atoms with Gasteiger partial charge in [-0.05, 0) is 43.2 Å². The average molecular weight is 306 g/mol. The minimum atomic E-state index is -0.363. The number of aromatic nitrogens is 1. The predicted molar refractivity (Wildman–Crippen MR) is 92.3 cm³/mol. The molecule has 1 aromatic heterocycles. The molecular formula is C19H18N2O2. The van der Waals surface area contributed by atoms with E-state index in [1.54, 1.807) is 12.3 Å². The molecule has 1 N–H and O–H groups in total. The number of nitrogens with zero attached hydrogens (tertiary/aromatic N) is 1. The van der Waals surface area contributed by atoms with Gasteiger partial charge in [0.15, 0.2) is 0 Å². The molecular weight excluding hydrogens is 288 g/mol. The maximum absolute atomic E-state index is 11.9. The third-order valence-corrected chi connectivity index (χ3v) is 4.04. The van der Waals surface area contributed by atoms with E-state index in [1.165, 1.54) is 12.7 Å². The molecule has 0 saturated heterocycles. The van der Waals surface area contributed by atoms with Crippen LogP contribution in [-0.2, 0) is 4.74 Å². The van der Waals surface area contributed by atoms with Crippen LogP contribution in [0.5, 0.6) is 0 Å². The topological polar surface area (TPSA) is 51.2 Å². The van der Waals surface area contributed by atoms with Gasteiger partial charge in [0.05, 0.1) is 23.9 Å². The van der Waals surface area contributed by atoms with Crippen LogP contribution in [-0.4, -0.2) is 18.1 Å². The van der Waals surface area contributed by atoms with Gasteiger partial charge >= 0.3 is 5.97 Å². The zero-order valence-electron chi connectivity index (χ0n) is 13.4. The van der Waals surface area contributed by atoms with E-state index < -0.39 is 0 Å². The van der Waals surface area contributed by atoms with Crippen LogP contribution in [0.2, 0.25) is 0 Å². The number of para-hydroxylation sites is 1. The number of ether oxygens (including phenoxy) is 1. The Morgan fingerprint density at radius 1 is 1.04 bits per heavy atom.